The first-order valence-corrected chi connectivity index (χ1v) is 14.5. The quantitative estimate of drug-likeness (QED) is 0.311. The molecule has 1 amide bonds. The zero-order valence-corrected chi connectivity index (χ0v) is 24.6. The Bertz CT molecular complexity index is 1340. The third-order valence-corrected chi connectivity index (χ3v) is 7.50. The first-order valence-electron chi connectivity index (χ1n) is 14.5. The molecule has 0 bridgehead atoms. The number of carbonyl (C=O) groups is 2. The van der Waals surface area contributed by atoms with E-state index in [2.05, 4.69) is 48.4 Å². The van der Waals surface area contributed by atoms with Gasteiger partial charge in [-0.3, -0.25) is 14.5 Å². The lowest BCUT2D eigenvalue weighted by Crippen LogP contribution is -2.39. The van der Waals surface area contributed by atoms with Gasteiger partial charge < -0.3 is 15.1 Å². The van der Waals surface area contributed by atoms with Crippen LogP contribution in [0.15, 0.2) is 48.5 Å². The number of benzene rings is 2. The summed E-state index contributed by atoms with van der Waals surface area (Å²) in [6.07, 6.45) is 0.850. The molecule has 2 unspecified atom stereocenters. The van der Waals surface area contributed by atoms with Gasteiger partial charge in [-0.1, -0.05) is 57.2 Å². The molecule has 4 rings (SSSR count). The third kappa shape index (κ3) is 8.90. The maximum Gasteiger partial charge on any atom is 0.306 e. The zero-order valence-electron chi connectivity index (χ0n) is 24.6. The van der Waals surface area contributed by atoms with Crippen molar-refractivity contribution in [3.63, 3.8) is 0 Å². The Labute approximate surface area is 246 Å². The predicted octanol–water partition coefficient (Wildman–Crippen LogP) is 3.99. The molecule has 0 saturated heterocycles. The summed E-state index contributed by atoms with van der Waals surface area (Å²) in [7, 11) is 0. The van der Waals surface area contributed by atoms with Gasteiger partial charge in [-0.05, 0) is 63.9 Å². The number of nitrogens with zero attached hydrogens (tertiary/aromatic N) is 6. The number of fused-ring (bicyclic) bond motifs is 1. The highest BCUT2D eigenvalue weighted by molar-refractivity contribution is 5.76. The van der Waals surface area contributed by atoms with Gasteiger partial charge in [0.1, 0.15) is 5.82 Å². The van der Waals surface area contributed by atoms with Crippen molar-refractivity contribution in [2.75, 3.05) is 13.1 Å². The summed E-state index contributed by atoms with van der Waals surface area (Å²) < 4.78 is 15.3. The van der Waals surface area contributed by atoms with E-state index in [4.69, 9.17) is 0 Å². The summed E-state index contributed by atoms with van der Waals surface area (Å²) in [4.78, 5) is 28.2. The van der Waals surface area contributed by atoms with Crippen molar-refractivity contribution in [2.24, 2.45) is 5.41 Å². The number of tetrazole rings is 1. The number of aliphatic hydroxyl groups is 1. The topological polar surface area (TPSA) is 125 Å². The molecule has 0 aliphatic carbocycles. The van der Waals surface area contributed by atoms with Crippen LogP contribution in [0.4, 0.5) is 4.39 Å². The Morgan fingerprint density at radius 2 is 1.81 bits per heavy atom. The van der Waals surface area contributed by atoms with E-state index < -0.39 is 18.5 Å². The van der Waals surface area contributed by atoms with Crippen LogP contribution in [-0.2, 0) is 35.6 Å². The summed E-state index contributed by atoms with van der Waals surface area (Å²) in [5, 5.41) is 32.4. The van der Waals surface area contributed by atoms with Crippen LogP contribution in [0.2, 0.25) is 0 Å². The van der Waals surface area contributed by atoms with Gasteiger partial charge in [-0.25, -0.2) is 9.07 Å². The molecule has 0 spiro atoms. The fraction of sp³-hybridized carbons (Fsp3) is 0.516. The van der Waals surface area contributed by atoms with Crippen LogP contribution in [-0.4, -0.2) is 71.3 Å². The molecule has 1 aliphatic heterocycles. The van der Waals surface area contributed by atoms with Crippen molar-refractivity contribution in [2.45, 2.75) is 84.7 Å². The zero-order chi connectivity index (χ0) is 30.3. The van der Waals surface area contributed by atoms with E-state index in [-0.39, 0.29) is 29.7 Å². The molecule has 2 N–H and O–H groups in total. The second-order valence-electron chi connectivity index (χ2n) is 12.3. The Morgan fingerprint density at radius 1 is 1.10 bits per heavy atom. The smallest absolute Gasteiger partial charge is 0.306 e. The Balaban J connectivity index is 1.50. The fourth-order valence-electron chi connectivity index (χ4n) is 5.48. The second-order valence-corrected chi connectivity index (χ2v) is 12.3. The van der Waals surface area contributed by atoms with Gasteiger partial charge >= 0.3 is 5.97 Å². The van der Waals surface area contributed by atoms with E-state index in [1.807, 2.05) is 21.9 Å². The number of aliphatic carboxylic acids is 1. The molecule has 3 aromatic rings. The highest BCUT2D eigenvalue weighted by atomic mass is 19.1. The lowest BCUT2D eigenvalue weighted by atomic mass is 9.86. The Hall–Kier alpha value is -3.70. The largest absolute Gasteiger partial charge is 0.481 e. The number of aliphatic hydroxyl groups excluding tert-OH is 1. The molecule has 1 aliphatic rings. The molecule has 226 valence electrons. The number of aromatic nitrogens is 4. The monoisotopic (exact) mass is 580 g/mol. The molecule has 1 aromatic heterocycles. The van der Waals surface area contributed by atoms with Gasteiger partial charge in [0.25, 0.3) is 0 Å². The molecular weight excluding hydrogens is 539 g/mol. The first-order chi connectivity index (χ1) is 20.0. The van der Waals surface area contributed by atoms with E-state index in [1.165, 1.54) is 23.3 Å². The van der Waals surface area contributed by atoms with E-state index in [0.29, 0.717) is 51.3 Å². The average molecular weight is 581 g/mol. The minimum atomic E-state index is -1.12. The molecule has 2 aromatic carbocycles. The highest BCUT2D eigenvalue weighted by Gasteiger charge is 2.32. The number of hydrogen-bond donors (Lipinski definition) is 2. The minimum absolute atomic E-state index is 0.0617. The maximum atomic E-state index is 13.6. The first kappa shape index (κ1) is 31.2. The van der Waals surface area contributed by atoms with Crippen molar-refractivity contribution in [3.8, 4) is 0 Å². The van der Waals surface area contributed by atoms with Gasteiger partial charge in [0, 0.05) is 39.1 Å². The number of aryl methyl sites for hydroxylation is 1. The van der Waals surface area contributed by atoms with Crippen molar-refractivity contribution >= 4 is 11.9 Å². The molecular formula is C31H41FN6O4. The van der Waals surface area contributed by atoms with E-state index in [9.17, 15) is 24.2 Å². The van der Waals surface area contributed by atoms with Crippen LogP contribution >= 0.6 is 0 Å². The van der Waals surface area contributed by atoms with Crippen LogP contribution in [0.5, 0.6) is 0 Å². The molecule has 42 heavy (non-hydrogen) atoms. The molecule has 11 heteroatoms. The van der Waals surface area contributed by atoms with Crippen LogP contribution in [0, 0.1) is 11.2 Å². The Morgan fingerprint density at radius 3 is 2.50 bits per heavy atom. The van der Waals surface area contributed by atoms with Gasteiger partial charge in [0.05, 0.1) is 18.6 Å². The number of carboxylic acids is 1. The summed E-state index contributed by atoms with van der Waals surface area (Å²) in [5.41, 5.74) is 3.13. The SMILES string of the molecule is CC(C)(C)CC(c1nnnn1CCCC(=O)N1CCc2ccccc2C1)N(Cc1ccc(F)cc1)CC(O)CC(=O)O. The minimum Gasteiger partial charge on any atom is -0.481 e. The standard InChI is InChI=1S/C31H41FN6O4/c1-31(2,3)18-27(37(21-26(39)17-29(41)42)19-22-10-12-25(32)13-11-22)30-33-34-35-38(30)15-6-9-28(40)36-16-14-23-7-4-5-8-24(23)20-36/h4-5,7-8,10-13,26-27,39H,6,9,14-21H2,1-3H3,(H,41,42). The number of carbonyl (C=O) groups excluding carboxylic acids is 1. The average Bonchev–Trinajstić information content (AvgIpc) is 3.39. The molecule has 2 atom stereocenters. The highest BCUT2D eigenvalue weighted by Crippen LogP contribution is 2.34. The van der Waals surface area contributed by atoms with Crippen molar-refractivity contribution in [1.82, 2.24) is 30.0 Å². The van der Waals surface area contributed by atoms with E-state index >= 15 is 0 Å². The van der Waals surface area contributed by atoms with Crippen molar-refractivity contribution in [1.29, 1.82) is 0 Å². The molecule has 0 saturated carbocycles. The van der Waals surface area contributed by atoms with Crippen LogP contribution in [0.1, 0.15) is 75.0 Å². The Kier molecular flexibility index (Phi) is 10.4. The molecule has 2 heterocycles. The summed E-state index contributed by atoms with van der Waals surface area (Å²) >= 11 is 0. The number of carboxylic acid groups (broad SMARTS) is 1. The summed E-state index contributed by atoms with van der Waals surface area (Å²) in [6, 6.07) is 13.9. The number of hydrogen-bond acceptors (Lipinski definition) is 7. The molecule has 0 radical (unpaired) electrons. The van der Waals surface area contributed by atoms with Gasteiger partial charge in [0.2, 0.25) is 5.91 Å². The van der Waals surface area contributed by atoms with Crippen molar-refractivity contribution < 1.29 is 24.2 Å². The number of halogens is 1. The summed E-state index contributed by atoms with van der Waals surface area (Å²) in [5.74, 6) is -0.771. The molecule has 0 fully saturated rings. The maximum absolute atomic E-state index is 13.6. The van der Waals surface area contributed by atoms with Gasteiger partial charge in [-0.15, -0.1) is 5.10 Å². The molecule has 10 nitrogen and oxygen atoms in total. The van der Waals surface area contributed by atoms with Crippen LogP contribution in [0.3, 0.4) is 0 Å². The lowest BCUT2D eigenvalue weighted by Gasteiger charge is -2.36. The second kappa shape index (κ2) is 14.0. The fourth-order valence-corrected chi connectivity index (χ4v) is 5.48. The van der Waals surface area contributed by atoms with E-state index in [1.54, 1.807) is 16.8 Å². The van der Waals surface area contributed by atoms with E-state index in [0.717, 1.165) is 12.0 Å². The van der Waals surface area contributed by atoms with Crippen LogP contribution < -0.4 is 0 Å². The summed E-state index contributed by atoms with van der Waals surface area (Å²) in [6.45, 7) is 8.42. The normalized spacial score (nSPS) is 15.0. The van der Waals surface area contributed by atoms with Crippen LogP contribution in [0.25, 0.3) is 0 Å². The predicted molar refractivity (Wildman–Crippen MR) is 154 cm³/mol. The van der Waals surface area contributed by atoms with Gasteiger partial charge in [0.15, 0.2) is 5.82 Å². The van der Waals surface area contributed by atoms with Crippen molar-refractivity contribution in [3.05, 3.63) is 76.9 Å². The third-order valence-electron chi connectivity index (χ3n) is 7.50. The lowest BCUT2D eigenvalue weighted by molar-refractivity contribution is -0.139. The number of rotatable bonds is 13. The number of amides is 1. The van der Waals surface area contributed by atoms with Gasteiger partial charge in [-0.2, -0.15) is 0 Å².